The monoisotopic (exact) mass is 428 g/mol. The standard InChI is InChI=1S/C27H21ClO3/c1-2-24(30)26-23(27(31)19-10-8-17(16-29)9-11-19)14-20-12-13-21(28)15-22(20)25(26)18-6-4-3-5-7-18/h3-13,15-16,23H,2,14H2,1H3. The number of rotatable bonds is 6. The van der Waals surface area contributed by atoms with E-state index in [2.05, 4.69) is 0 Å². The van der Waals surface area contributed by atoms with Gasteiger partial charge in [0, 0.05) is 28.1 Å². The van der Waals surface area contributed by atoms with E-state index in [1.54, 1.807) is 24.3 Å². The first kappa shape index (κ1) is 21.0. The number of allylic oxidation sites excluding steroid dienone is 1. The van der Waals surface area contributed by atoms with Gasteiger partial charge in [0.25, 0.3) is 0 Å². The number of hydrogen-bond acceptors (Lipinski definition) is 3. The number of fused-ring (bicyclic) bond motifs is 1. The van der Waals surface area contributed by atoms with Crippen LogP contribution < -0.4 is 0 Å². The lowest BCUT2D eigenvalue weighted by atomic mass is 9.72. The van der Waals surface area contributed by atoms with Crippen LogP contribution in [0, 0.1) is 5.92 Å². The van der Waals surface area contributed by atoms with E-state index in [-0.39, 0.29) is 11.6 Å². The van der Waals surface area contributed by atoms with Crippen LogP contribution in [-0.2, 0) is 11.2 Å². The lowest BCUT2D eigenvalue weighted by Gasteiger charge is -2.30. The summed E-state index contributed by atoms with van der Waals surface area (Å²) < 4.78 is 0. The third kappa shape index (κ3) is 4.01. The maximum absolute atomic E-state index is 13.6. The molecule has 31 heavy (non-hydrogen) atoms. The van der Waals surface area contributed by atoms with Gasteiger partial charge in [-0.3, -0.25) is 14.4 Å². The van der Waals surface area contributed by atoms with Crippen molar-refractivity contribution in [2.24, 2.45) is 5.92 Å². The molecule has 1 aliphatic rings. The molecule has 1 unspecified atom stereocenters. The van der Waals surface area contributed by atoms with Gasteiger partial charge in [-0.15, -0.1) is 0 Å². The molecule has 0 N–H and O–H groups in total. The Bertz CT molecular complexity index is 1190. The van der Waals surface area contributed by atoms with Crippen molar-refractivity contribution in [3.8, 4) is 0 Å². The summed E-state index contributed by atoms with van der Waals surface area (Å²) in [4.78, 5) is 37.8. The molecule has 1 atom stereocenters. The molecule has 0 fully saturated rings. The van der Waals surface area contributed by atoms with E-state index in [9.17, 15) is 14.4 Å². The van der Waals surface area contributed by atoms with Crippen LogP contribution in [-0.4, -0.2) is 17.9 Å². The Morgan fingerprint density at radius 2 is 1.71 bits per heavy atom. The molecule has 0 saturated heterocycles. The fourth-order valence-electron chi connectivity index (χ4n) is 4.19. The molecule has 3 aromatic rings. The molecule has 0 amide bonds. The number of carbonyl (C=O) groups is 3. The third-order valence-corrected chi connectivity index (χ3v) is 5.95. The van der Waals surface area contributed by atoms with Gasteiger partial charge >= 0.3 is 0 Å². The summed E-state index contributed by atoms with van der Waals surface area (Å²) in [5.74, 6) is -0.769. The molecule has 1 aliphatic carbocycles. The van der Waals surface area contributed by atoms with Crippen LogP contribution in [0.3, 0.4) is 0 Å². The molecule has 0 bridgehead atoms. The largest absolute Gasteiger partial charge is 0.298 e. The number of hydrogen-bond donors (Lipinski definition) is 0. The average Bonchev–Trinajstić information content (AvgIpc) is 2.82. The lowest BCUT2D eigenvalue weighted by Crippen LogP contribution is -2.29. The maximum atomic E-state index is 13.6. The zero-order valence-corrected chi connectivity index (χ0v) is 17.9. The van der Waals surface area contributed by atoms with E-state index in [0.29, 0.717) is 34.6 Å². The normalized spacial score (nSPS) is 15.4. The van der Waals surface area contributed by atoms with Crippen molar-refractivity contribution < 1.29 is 14.4 Å². The summed E-state index contributed by atoms with van der Waals surface area (Å²) >= 11 is 6.31. The Labute approximate surface area is 186 Å². The molecule has 0 heterocycles. The molecular weight excluding hydrogens is 408 g/mol. The van der Waals surface area contributed by atoms with E-state index >= 15 is 0 Å². The van der Waals surface area contributed by atoms with Crippen molar-refractivity contribution in [1.29, 1.82) is 0 Å². The van der Waals surface area contributed by atoms with Crippen LogP contribution in [0.15, 0.2) is 78.4 Å². The molecule has 0 saturated carbocycles. The first-order chi connectivity index (χ1) is 15.0. The van der Waals surface area contributed by atoms with Gasteiger partial charge in [-0.25, -0.2) is 0 Å². The van der Waals surface area contributed by atoms with Crippen molar-refractivity contribution >= 4 is 35.0 Å². The Kier molecular flexibility index (Phi) is 5.97. The second-order valence-electron chi connectivity index (χ2n) is 7.59. The van der Waals surface area contributed by atoms with Crippen molar-refractivity contribution in [3.05, 3.63) is 111 Å². The Morgan fingerprint density at radius 1 is 1.00 bits per heavy atom. The Morgan fingerprint density at radius 3 is 2.35 bits per heavy atom. The fourth-order valence-corrected chi connectivity index (χ4v) is 4.36. The van der Waals surface area contributed by atoms with E-state index < -0.39 is 5.92 Å². The molecule has 4 heteroatoms. The van der Waals surface area contributed by atoms with Gasteiger partial charge in [-0.1, -0.05) is 79.2 Å². The molecule has 0 aromatic heterocycles. The van der Waals surface area contributed by atoms with E-state index in [1.807, 2.05) is 55.5 Å². The minimum absolute atomic E-state index is 0.0488. The zero-order chi connectivity index (χ0) is 22.0. The number of benzene rings is 3. The summed E-state index contributed by atoms with van der Waals surface area (Å²) in [6.45, 7) is 1.81. The van der Waals surface area contributed by atoms with Crippen LogP contribution in [0.4, 0.5) is 0 Å². The van der Waals surface area contributed by atoms with Gasteiger partial charge in [-0.2, -0.15) is 0 Å². The molecular formula is C27H21ClO3. The highest BCUT2D eigenvalue weighted by Gasteiger charge is 2.36. The quantitative estimate of drug-likeness (QED) is 0.358. The minimum Gasteiger partial charge on any atom is -0.298 e. The molecule has 4 rings (SSSR count). The van der Waals surface area contributed by atoms with E-state index in [4.69, 9.17) is 11.6 Å². The maximum Gasteiger partial charge on any atom is 0.170 e. The van der Waals surface area contributed by atoms with Crippen molar-refractivity contribution in [2.45, 2.75) is 19.8 Å². The van der Waals surface area contributed by atoms with Crippen LogP contribution in [0.2, 0.25) is 5.02 Å². The number of carbonyl (C=O) groups excluding carboxylic acids is 3. The van der Waals surface area contributed by atoms with Crippen molar-refractivity contribution in [2.75, 3.05) is 0 Å². The fraction of sp³-hybridized carbons (Fsp3) is 0.148. The summed E-state index contributed by atoms with van der Waals surface area (Å²) in [6.07, 6.45) is 1.47. The molecule has 3 nitrogen and oxygen atoms in total. The SMILES string of the molecule is CCC(=O)C1=C(c2ccccc2)c2cc(Cl)ccc2CC1C(=O)c1ccc(C=O)cc1. The van der Waals surface area contributed by atoms with E-state index in [0.717, 1.165) is 28.5 Å². The molecule has 0 spiro atoms. The smallest absolute Gasteiger partial charge is 0.170 e. The predicted molar refractivity (Wildman–Crippen MR) is 123 cm³/mol. The van der Waals surface area contributed by atoms with E-state index in [1.165, 1.54) is 0 Å². The molecule has 3 aromatic carbocycles. The number of Topliss-reactive ketones (excluding diaryl/α,β-unsaturated/α-hetero) is 2. The van der Waals surface area contributed by atoms with Crippen LogP contribution in [0.1, 0.15) is 50.8 Å². The van der Waals surface area contributed by atoms with Gasteiger partial charge < -0.3 is 0 Å². The molecule has 0 radical (unpaired) electrons. The van der Waals surface area contributed by atoms with Gasteiger partial charge in [-0.05, 0) is 40.8 Å². The first-order valence-corrected chi connectivity index (χ1v) is 10.6. The zero-order valence-electron chi connectivity index (χ0n) is 17.1. The first-order valence-electron chi connectivity index (χ1n) is 10.2. The summed E-state index contributed by atoms with van der Waals surface area (Å²) in [7, 11) is 0. The Hall–Kier alpha value is -3.30. The van der Waals surface area contributed by atoms with Gasteiger partial charge in [0.05, 0.1) is 5.92 Å². The van der Waals surface area contributed by atoms with Crippen LogP contribution in [0.5, 0.6) is 0 Å². The highest BCUT2D eigenvalue weighted by Crippen LogP contribution is 2.42. The van der Waals surface area contributed by atoms with Crippen molar-refractivity contribution in [3.63, 3.8) is 0 Å². The number of aldehydes is 1. The second kappa shape index (κ2) is 8.83. The summed E-state index contributed by atoms with van der Waals surface area (Å²) in [5, 5.41) is 0.588. The van der Waals surface area contributed by atoms with Gasteiger partial charge in [0.1, 0.15) is 6.29 Å². The number of halogens is 1. The highest BCUT2D eigenvalue weighted by molar-refractivity contribution is 6.31. The van der Waals surface area contributed by atoms with Crippen LogP contribution >= 0.6 is 11.6 Å². The Balaban J connectivity index is 1.95. The predicted octanol–water partition coefficient (Wildman–Crippen LogP) is 5.99. The summed E-state index contributed by atoms with van der Waals surface area (Å²) in [5.41, 5.74) is 5.07. The van der Waals surface area contributed by atoms with Gasteiger partial charge in [0.2, 0.25) is 0 Å². The minimum atomic E-state index is -0.599. The molecule has 154 valence electrons. The van der Waals surface area contributed by atoms with Gasteiger partial charge in [0.15, 0.2) is 11.6 Å². The lowest BCUT2D eigenvalue weighted by molar-refractivity contribution is -0.115. The highest BCUT2D eigenvalue weighted by atomic mass is 35.5. The van der Waals surface area contributed by atoms with Crippen LogP contribution in [0.25, 0.3) is 5.57 Å². The average molecular weight is 429 g/mol. The number of ketones is 2. The second-order valence-corrected chi connectivity index (χ2v) is 8.03. The molecule has 0 aliphatic heterocycles. The topological polar surface area (TPSA) is 51.2 Å². The summed E-state index contributed by atoms with van der Waals surface area (Å²) in [6, 6.07) is 21.8. The van der Waals surface area contributed by atoms with Crippen molar-refractivity contribution in [1.82, 2.24) is 0 Å². The third-order valence-electron chi connectivity index (χ3n) is 5.71.